The zero-order valence-corrected chi connectivity index (χ0v) is 20.7. The number of carboxylic acids is 1. The van der Waals surface area contributed by atoms with Crippen molar-refractivity contribution in [2.75, 3.05) is 5.32 Å². The van der Waals surface area contributed by atoms with E-state index in [0.717, 1.165) is 11.8 Å². The van der Waals surface area contributed by atoms with Crippen LogP contribution in [0.5, 0.6) is 5.75 Å². The predicted molar refractivity (Wildman–Crippen MR) is 128 cm³/mol. The standard InChI is InChI=1S/C23H17N3O6S.Na/c27-22-18-13-16(24-15-6-2-1-3-7-15)11-10-14(18)12-20(33(30,31)32)21(22)26-25-19-9-5-4-8-17(19)23(28)29;/h1-13,24,27H,(H,28,29)(H,30,31,32);. The van der Waals surface area contributed by atoms with Crippen LogP contribution in [0.2, 0.25) is 0 Å². The van der Waals surface area contributed by atoms with Crippen molar-refractivity contribution in [3.8, 4) is 5.75 Å². The van der Waals surface area contributed by atoms with E-state index in [4.69, 9.17) is 0 Å². The molecule has 0 saturated heterocycles. The first-order valence-corrected chi connectivity index (χ1v) is 11.0. The van der Waals surface area contributed by atoms with Crippen molar-refractivity contribution in [1.29, 1.82) is 0 Å². The van der Waals surface area contributed by atoms with Gasteiger partial charge in [-0.1, -0.05) is 36.4 Å². The molecule has 4 N–H and O–H groups in total. The van der Waals surface area contributed by atoms with Crippen molar-refractivity contribution in [1.82, 2.24) is 0 Å². The number of hydrogen-bond acceptors (Lipinski definition) is 7. The molecule has 4 rings (SSSR count). The van der Waals surface area contributed by atoms with Gasteiger partial charge in [-0.2, -0.15) is 8.42 Å². The van der Waals surface area contributed by atoms with Crippen LogP contribution in [0.15, 0.2) is 94.0 Å². The number of anilines is 2. The molecule has 0 aromatic heterocycles. The van der Waals surface area contributed by atoms with Crippen LogP contribution >= 0.6 is 0 Å². The Hall–Kier alpha value is -3.28. The van der Waals surface area contributed by atoms with Crippen molar-refractivity contribution >= 4 is 79.2 Å². The van der Waals surface area contributed by atoms with E-state index in [9.17, 15) is 28.0 Å². The third-order valence-corrected chi connectivity index (χ3v) is 5.65. The molecule has 0 spiro atoms. The van der Waals surface area contributed by atoms with E-state index in [1.54, 1.807) is 18.2 Å². The minimum atomic E-state index is -4.78. The molecule has 4 aromatic carbocycles. The second kappa shape index (κ2) is 10.3. The van der Waals surface area contributed by atoms with Crippen LogP contribution in [-0.2, 0) is 10.1 Å². The third-order valence-electron chi connectivity index (χ3n) is 4.79. The Kier molecular flexibility index (Phi) is 7.70. The number of azo groups is 1. The molecule has 0 atom stereocenters. The van der Waals surface area contributed by atoms with Crippen LogP contribution in [0.1, 0.15) is 10.4 Å². The SMILES string of the molecule is O=C(O)c1ccccc1N=Nc1c(S(=O)(=O)O)cc2ccc(Nc3ccccc3)cc2c1O.[Na]. The monoisotopic (exact) mass is 486 g/mol. The Morgan fingerprint density at radius 3 is 2.21 bits per heavy atom. The van der Waals surface area contributed by atoms with Gasteiger partial charge in [-0.25, -0.2) is 4.79 Å². The number of fused-ring (bicyclic) bond motifs is 1. The molecule has 1 radical (unpaired) electrons. The molecule has 0 unspecified atom stereocenters. The summed E-state index contributed by atoms with van der Waals surface area (Å²) in [5, 5.41) is 31.5. The molecule has 4 aromatic rings. The van der Waals surface area contributed by atoms with Gasteiger partial charge in [0.15, 0.2) is 5.75 Å². The quantitative estimate of drug-likeness (QED) is 0.165. The number of benzene rings is 4. The minimum Gasteiger partial charge on any atom is -0.505 e. The second-order valence-electron chi connectivity index (χ2n) is 7.00. The number of hydrogen-bond donors (Lipinski definition) is 4. The number of para-hydroxylation sites is 1. The van der Waals surface area contributed by atoms with Crippen LogP contribution in [0.3, 0.4) is 0 Å². The first-order valence-electron chi connectivity index (χ1n) is 9.57. The van der Waals surface area contributed by atoms with Gasteiger partial charge in [-0.15, -0.1) is 10.2 Å². The van der Waals surface area contributed by atoms with Crippen LogP contribution in [0.4, 0.5) is 22.7 Å². The van der Waals surface area contributed by atoms with Crippen LogP contribution in [0, 0.1) is 0 Å². The Morgan fingerprint density at radius 2 is 1.53 bits per heavy atom. The summed E-state index contributed by atoms with van der Waals surface area (Å²) in [6.45, 7) is 0. The summed E-state index contributed by atoms with van der Waals surface area (Å²) in [4.78, 5) is 10.7. The maximum Gasteiger partial charge on any atom is 0.337 e. The molecule has 0 heterocycles. The number of aromatic carboxylic acids is 1. The van der Waals surface area contributed by atoms with Gasteiger partial charge in [0.2, 0.25) is 0 Å². The van der Waals surface area contributed by atoms with Gasteiger partial charge in [-0.3, -0.25) is 4.55 Å². The topological polar surface area (TPSA) is 149 Å². The second-order valence-corrected chi connectivity index (χ2v) is 8.39. The number of aromatic hydroxyl groups is 1. The van der Waals surface area contributed by atoms with Gasteiger partial charge < -0.3 is 15.5 Å². The number of nitrogens with zero attached hydrogens (tertiary/aromatic N) is 2. The molecule has 0 saturated carbocycles. The number of rotatable bonds is 6. The zero-order valence-electron chi connectivity index (χ0n) is 17.9. The molecule has 167 valence electrons. The molecule has 0 fully saturated rings. The molecule has 0 aliphatic rings. The van der Waals surface area contributed by atoms with E-state index in [0.29, 0.717) is 11.1 Å². The van der Waals surface area contributed by atoms with Gasteiger partial charge in [0.1, 0.15) is 16.3 Å². The van der Waals surface area contributed by atoms with E-state index < -0.39 is 32.4 Å². The normalized spacial score (nSPS) is 11.3. The Morgan fingerprint density at radius 1 is 0.853 bits per heavy atom. The maximum atomic E-state index is 12.0. The smallest absolute Gasteiger partial charge is 0.337 e. The summed E-state index contributed by atoms with van der Waals surface area (Å²) < 4.78 is 33.7. The van der Waals surface area contributed by atoms with E-state index in [1.165, 1.54) is 24.3 Å². The average Bonchev–Trinajstić information content (AvgIpc) is 2.79. The summed E-state index contributed by atoms with van der Waals surface area (Å²) in [5.41, 5.74) is 0.690. The molecular weight excluding hydrogens is 469 g/mol. The fraction of sp³-hybridized carbons (Fsp3) is 0. The van der Waals surface area contributed by atoms with Gasteiger partial charge >= 0.3 is 5.97 Å². The molecule has 0 amide bonds. The fourth-order valence-corrected chi connectivity index (χ4v) is 3.90. The summed E-state index contributed by atoms with van der Waals surface area (Å²) in [5.74, 6) is -1.78. The summed E-state index contributed by atoms with van der Waals surface area (Å²) in [6.07, 6.45) is 0. The summed E-state index contributed by atoms with van der Waals surface area (Å²) in [7, 11) is -4.78. The van der Waals surface area contributed by atoms with E-state index in [2.05, 4.69) is 15.5 Å². The number of phenols is 1. The minimum absolute atomic E-state index is 0. The Balaban J connectivity index is 0.00000324. The van der Waals surface area contributed by atoms with Crippen molar-refractivity contribution in [3.05, 3.63) is 84.4 Å². The molecular formula is C23H17N3NaO6S. The van der Waals surface area contributed by atoms with Crippen molar-refractivity contribution in [2.24, 2.45) is 10.2 Å². The van der Waals surface area contributed by atoms with Gasteiger partial charge in [0.25, 0.3) is 10.1 Å². The number of phenolic OH excluding ortho intramolecular Hbond substituents is 1. The number of carbonyl (C=O) groups is 1. The number of nitrogens with one attached hydrogen (secondary N) is 1. The van der Waals surface area contributed by atoms with Gasteiger partial charge in [-0.05, 0) is 47.9 Å². The van der Waals surface area contributed by atoms with Crippen LogP contribution in [0.25, 0.3) is 10.8 Å². The number of carboxylic acid groups (broad SMARTS) is 1. The van der Waals surface area contributed by atoms with Crippen molar-refractivity contribution in [3.63, 3.8) is 0 Å². The molecule has 0 aliphatic carbocycles. The fourth-order valence-electron chi connectivity index (χ4n) is 3.25. The Bertz CT molecular complexity index is 1510. The summed E-state index contributed by atoms with van der Waals surface area (Å²) >= 11 is 0. The predicted octanol–water partition coefficient (Wildman–Crippen LogP) is 5.27. The van der Waals surface area contributed by atoms with Crippen molar-refractivity contribution < 1.29 is 28.0 Å². The first kappa shape index (κ1) is 25.3. The molecule has 34 heavy (non-hydrogen) atoms. The van der Waals surface area contributed by atoms with E-state index >= 15 is 0 Å². The average molecular weight is 486 g/mol. The molecule has 11 heteroatoms. The van der Waals surface area contributed by atoms with Gasteiger partial charge in [0, 0.05) is 46.3 Å². The largest absolute Gasteiger partial charge is 0.505 e. The third kappa shape index (κ3) is 5.44. The first-order chi connectivity index (χ1) is 15.7. The van der Waals surface area contributed by atoms with Gasteiger partial charge in [0.05, 0.1) is 5.56 Å². The maximum absolute atomic E-state index is 12.0. The van der Waals surface area contributed by atoms with E-state index in [-0.39, 0.29) is 46.2 Å². The van der Waals surface area contributed by atoms with Crippen molar-refractivity contribution in [2.45, 2.75) is 4.90 Å². The van der Waals surface area contributed by atoms with Crippen LogP contribution in [-0.4, -0.2) is 58.7 Å². The molecule has 0 bridgehead atoms. The van der Waals surface area contributed by atoms with E-state index in [1.807, 2.05) is 30.3 Å². The molecule has 0 aliphatic heterocycles. The molecule has 9 nitrogen and oxygen atoms in total. The van der Waals surface area contributed by atoms with Crippen LogP contribution < -0.4 is 5.32 Å². The summed E-state index contributed by atoms with van der Waals surface area (Å²) in [6, 6.07) is 21.0. The Labute approximate surface area is 216 Å². The zero-order chi connectivity index (χ0) is 23.6.